The molecule has 0 saturated carbocycles. The number of benzene rings is 3. The largest absolute Gasteiger partial charge is 0.335 e. The molecule has 0 aliphatic carbocycles. The van der Waals surface area contributed by atoms with Gasteiger partial charge >= 0.3 is 0 Å². The Labute approximate surface area is 196 Å². The first-order chi connectivity index (χ1) is 16.6. The van der Waals surface area contributed by atoms with Crippen molar-refractivity contribution in [3.63, 3.8) is 0 Å². The molecule has 5 rings (SSSR count). The van der Waals surface area contributed by atoms with Crippen LogP contribution in [0.15, 0.2) is 84.9 Å². The Morgan fingerprint density at radius 1 is 0.794 bits per heavy atom. The van der Waals surface area contributed by atoms with E-state index in [0.29, 0.717) is 35.7 Å². The van der Waals surface area contributed by atoms with Crippen molar-refractivity contribution in [2.45, 2.75) is 6.54 Å². The minimum atomic E-state index is -0.364. The average molecular weight is 459 g/mol. The van der Waals surface area contributed by atoms with Crippen LogP contribution < -0.4 is 0 Å². The van der Waals surface area contributed by atoms with Gasteiger partial charge in [-0.05, 0) is 60.2 Å². The fraction of sp³-hybridized carbons (Fsp3) is 0.185. The molecule has 2 heterocycles. The number of halogens is 2. The highest BCUT2D eigenvalue weighted by Crippen LogP contribution is 2.24. The third-order valence-electron chi connectivity index (χ3n) is 6.05. The Balaban J connectivity index is 1.39. The molecule has 4 aromatic rings. The lowest BCUT2D eigenvalue weighted by Crippen LogP contribution is -2.48. The first-order valence-corrected chi connectivity index (χ1v) is 11.2. The number of carbonyl (C=O) groups is 1. The van der Waals surface area contributed by atoms with Crippen LogP contribution in [0.2, 0.25) is 0 Å². The van der Waals surface area contributed by atoms with Gasteiger partial charge in [0.05, 0.1) is 11.4 Å². The first kappa shape index (κ1) is 22.0. The van der Waals surface area contributed by atoms with Gasteiger partial charge in [0.25, 0.3) is 5.91 Å². The average Bonchev–Trinajstić information content (AvgIpc) is 3.31. The fourth-order valence-electron chi connectivity index (χ4n) is 4.19. The molecule has 5 nitrogen and oxygen atoms in total. The summed E-state index contributed by atoms with van der Waals surface area (Å²) in [5, 5.41) is 4.61. The summed E-state index contributed by atoms with van der Waals surface area (Å²) in [6.45, 7) is 3.61. The van der Waals surface area contributed by atoms with E-state index in [-0.39, 0.29) is 17.5 Å². The van der Waals surface area contributed by atoms with Crippen molar-refractivity contribution in [1.29, 1.82) is 0 Å². The van der Waals surface area contributed by atoms with E-state index in [0.717, 1.165) is 19.6 Å². The maximum atomic E-state index is 13.5. The predicted octanol–water partition coefficient (Wildman–Crippen LogP) is 4.78. The van der Waals surface area contributed by atoms with Crippen LogP contribution in [0.4, 0.5) is 8.78 Å². The Morgan fingerprint density at radius 3 is 2.06 bits per heavy atom. The van der Waals surface area contributed by atoms with Crippen molar-refractivity contribution in [2.24, 2.45) is 0 Å². The third-order valence-corrected chi connectivity index (χ3v) is 6.05. The molecule has 0 atom stereocenters. The number of carbonyl (C=O) groups excluding carboxylic acids is 1. The van der Waals surface area contributed by atoms with Gasteiger partial charge in [-0.15, -0.1) is 0 Å². The molecule has 1 saturated heterocycles. The van der Waals surface area contributed by atoms with E-state index in [1.165, 1.54) is 34.5 Å². The number of amides is 1. The SMILES string of the molecule is O=C(c1cc(-c2ccc(F)cc2)nn1-c1ccc(F)cc1)N1CCN(Cc2ccccc2)CC1. The minimum absolute atomic E-state index is 0.135. The first-order valence-electron chi connectivity index (χ1n) is 11.2. The van der Waals surface area contributed by atoms with Gasteiger partial charge in [-0.3, -0.25) is 9.69 Å². The van der Waals surface area contributed by atoms with E-state index in [4.69, 9.17) is 0 Å². The second kappa shape index (κ2) is 9.57. The standard InChI is InChI=1S/C27H24F2N4O/c28-22-8-6-21(7-9-22)25-18-26(33(30-25)24-12-10-23(29)11-13-24)27(34)32-16-14-31(15-17-32)19-20-4-2-1-3-5-20/h1-13,18H,14-17,19H2. The van der Waals surface area contributed by atoms with Crippen molar-refractivity contribution in [1.82, 2.24) is 19.6 Å². The lowest BCUT2D eigenvalue weighted by molar-refractivity contribution is 0.0619. The molecular weight excluding hydrogens is 434 g/mol. The molecule has 1 fully saturated rings. The molecule has 1 aliphatic rings. The van der Waals surface area contributed by atoms with Crippen LogP contribution in [0, 0.1) is 11.6 Å². The number of hydrogen-bond acceptors (Lipinski definition) is 3. The van der Waals surface area contributed by atoms with Crippen molar-refractivity contribution in [3.8, 4) is 16.9 Å². The topological polar surface area (TPSA) is 41.4 Å². The number of rotatable bonds is 5. The molecule has 0 unspecified atom stereocenters. The summed E-state index contributed by atoms with van der Waals surface area (Å²) in [4.78, 5) is 17.7. The summed E-state index contributed by atoms with van der Waals surface area (Å²) in [6.07, 6.45) is 0. The molecule has 0 spiro atoms. The second-order valence-corrected chi connectivity index (χ2v) is 8.36. The van der Waals surface area contributed by atoms with E-state index in [9.17, 15) is 13.6 Å². The quantitative estimate of drug-likeness (QED) is 0.432. The van der Waals surface area contributed by atoms with Gasteiger partial charge in [0.1, 0.15) is 17.3 Å². The number of aromatic nitrogens is 2. The maximum Gasteiger partial charge on any atom is 0.272 e. The Kier molecular flexibility index (Phi) is 6.18. The molecule has 1 amide bonds. The zero-order valence-corrected chi connectivity index (χ0v) is 18.6. The molecule has 0 radical (unpaired) electrons. The van der Waals surface area contributed by atoms with Gasteiger partial charge < -0.3 is 4.90 Å². The van der Waals surface area contributed by atoms with Gasteiger partial charge in [-0.25, -0.2) is 13.5 Å². The normalized spacial score (nSPS) is 14.4. The fourth-order valence-corrected chi connectivity index (χ4v) is 4.19. The van der Waals surface area contributed by atoms with Crippen LogP contribution in [0.3, 0.4) is 0 Å². The van der Waals surface area contributed by atoms with Gasteiger partial charge in [0.15, 0.2) is 0 Å². The van der Waals surface area contributed by atoms with E-state index < -0.39 is 0 Å². The molecule has 7 heteroatoms. The molecule has 0 N–H and O–H groups in total. The van der Waals surface area contributed by atoms with E-state index >= 15 is 0 Å². The van der Waals surface area contributed by atoms with Crippen molar-refractivity contribution < 1.29 is 13.6 Å². The Hall–Kier alpha value is -3.84. The van der Waals surface area contributed by atoms with Crippen LogP contribution in [0.5, 0.6) is 0 Å². The van der Waals surface area contributed by atoms with Crippen LogP contribution in [-0.4, -0.2) is 51.7 Å². The van der Waals surface area contributed by atoms with Gasteiger partial charge in [-0.1, -0.05) is 30.3 Å². The molecule has 34 heavy (non-hydrogen) atoms. The van der Waals surface area contributed by atoms with Crippen molar-refractivity contribution >= 4 is 5.91 Å². The Morgan fingerprint density at radius 2 is 1.41 bits per heavy atom. The smallest absolute Gasteiger partial charge is 0.272 e. The van der Waals surface area contributed by atoms with Gasteiger partial charge in [0.2, 0.25) is 0 Å². The summed E-state index contributed by atoms with van der Waals surface area (Å²) in [6, 6.07) is 23.8. The van der Waals surface area contributed by atoms with Gasteiger partial charge in [-0.2, -0.15) is 5.10 Å². The summed E-state index contributed by atoms with van der Waals surface area (Å²) < 4.78 is 28.5. The monoisotopic (exact) mass is 458 g/mol. The van der Waals surface area contributed by atoms with E-state index in [2.05, 4.69) is 22.1 Å². The Bertz CT molecular complexity index is 1260. The molecule has 1 aliphatic heterocycles. The lowest BCUT2D eigenvalue weighted by Gasteiger charge is -2.34. The number of hydrogen-bond donors (Lipinski definition) is 0. The van der Waals surface area contributed by atoms with Gasteiger partial charge in [0, 0.05) is 38.3 Å². The van der Waals surface area contributed by atoms with Crippen molar-refractivity contribution in [3.05, 3.63) is 108 Å². The predicted molar refractivity (Wildman–Crippen MR) is 127 cm³/mol. The third kappa shape index (κ3) is 4.75. The zero-order chi connectivity index (χ0) is 23.5. The molecule has 172 valence electrons. The summed E-state index contributed by atoms with van der Waals surface area (Å²) in [5.74, 6) is -0.840. The van der Waals surface area contributed by atoms with Crippen LogP contribution >= 0.6 is 0 Å². The van der Waals surface area contributed by atoms with Crippen LogP contribution in [0.1, 0.15) is 16.1 Å². The summed E-state index contributed by atoms with van der Waals surface area (Å²) in [7, 11) is 0. The molecule has 0 bridgehead atoms. The highest BCUT2D eigenvalue weighted by Gasteiger charge is 2.26. The zero-order valence-electron chi connectivity index (χ0n) is 18.6. The van der Waals surface area contributed by atoms with E-state index in [1.54, 1.807) is 30.3 Å². The number of nitrogens with zero attached hydrogens (tertiary/aromatic N) is 4. The van der Waals surface area contributed by atoms with Crippen molar-refractivity contribution in [2.75, 3.05) is 26.2 Å². The second-order valence-electron chi connectivity index (χ2n) is 8.36. The summed E-state index contributed by atoms with van der Waals surface area (Å²) in [5.41, 5.74) is 3.48. The summed E-state index contributed by atoms with van der Waals surface area (Å²) >= 11 is 0. The lowest BCUT2D eigenvalue weighted by atomic mass is 10.1. The van der Waals surface area contributed by atoms with E-state index in [1.807, 2.05) is 23.1 Å². The molecule has 3 aromatic carbocycles. The molecule has 1 aromatic heterocycles. The van der Waals surface area contributed by atoms with Crippen LogP contribution in [-0.2, 0) is 6.54 Å². The maximum absolute atomic E-state index is 13.5. The molecular formula is C27H24F2N4O. The van der Waals surface area contributed by atoms with Crippen LogP contribution in [0.25, 0.3) is 16.9 Å². The minimum Gasteiger partial charge on any atom is -0.335 e. The highest BCUT2D eigenvalue weighted by atomic mass is 19.1. The highest BCUT2D eigenvalue weighted by molar-refractivity contribution is 5.94. The number of piperazine rings is 1.